The van der Waals surface area contributed by atoms with Gasteiger partial charge >= 0.3 is 8.25 Å². The summed E-state index contributed by atoms with van der Waals surface area (Å²) < 4.78 is 8.70. The fraction of sp³-hybridized carbons (Fsp3) is 0. The molecule has 0 amide bonds. The topological polar surface area (TPSA) is 83.3 Å². The Morgan fingerprint density at radius 1 is 0.706 bits per heavy atom. The van der Waals surface area contributed by atoms with Gasteiger partial charge < -0.3 is 0 Å². The Balaban J connectivity index is 0. The molecule has 0 aliphatic carbocycles. The molecule has 17 heavy (non-hydrogen) atoms. The first-order valence-corrected chi connectivity index (χ1v) is 5.45. The van der Waals surface area contributed by atoms with Crippen LogP contribution in [0.3, 0.4) is 0 Å². The predicted molar refractivity (Wildman–Crippen MR) is 70.8 cm³/mol. The number of hydrogen-bond donors (Lipinski definition) is 2. The summed E-state index contributed by atoms with van der Waals surface area (Å²) in [6.45, 7) is 0. The Morgan fingerprint density at radius 3 is 1.00 bits per heavy atom. The van der Waals surface area contributed by atoms with Gasteiger partial charge in [-0.15, -0.1) is 26.8 Å². The second kappa shape index (κ2) is 14.8. The van der Waals surface area contributed by atoms with E-state index in [0.717, 1.165) is 0 Å². The van der Waals surface area contributed by atoms with Crippen molar-refractivity contribution in [2.45, 2.75) is 0 Å². The number of nitrogens with zero attached hydrogens (tertiary/aromatic N) is 2. The molecule has 0 atom stereocenters. The number of halogens is 1. The van der Waals surface area contributed by atoms with Crippen LogP contribution in [-0.4, -0.2) is 19.8 Å². The van der Waals surface area contributed by atoms with Crippen LogP contribution >= 0.6 is 25.2 Å². The maximum atomic E-state index is 8.70. The summed E-state index contributed by atoms with van der Waals surface area (Å²) in [5.74, 6) is 0. The molecule has 0 fully saturated rings. The third kappa shape index (κ3) is 20.8. The van der Waals surface area contributed by atoms with E-state index in [2.05, 4.69) is 9.97 Å². The second-order valence-corrected chi connectivity index (χ2v) is 2.81. The predicted octanol–water partition coefficient (Wildman–Crippen LogP) is 2.37. The van der Waals surface area contributed by atoms with Gasteiger partial charge in [0.15, 0.2) is 0 Å². The molecule has 0 saturated heterocycles. The van der Waals surface area contributed by atoms with Crippen LogP contribution in [0.4, 0.5) is 0 Å². The maximum Gasteiger partial charge on any atom is 0.692 e. The molecule has 2 rings (SSSR count). The molecule has 0 aliphatic heterocycles. The van der Waals surface area contributed by atoms with Crippen molar-refractivity contribution in [2.75, 3.05) is 0 Å². The van der Waals surface area contributed by atoms with Crippen molar-refractivity contribution in [1.82, 2.24) is 9.97 Å². The van der Waals surface area contributed by atoms with Crippen molar-refractivity contribution in [3.63, 3.8) is 0 Å². The van der Waals surface area contributed by atoms with Crippen LogP contribution < -0.4 is 0 Å². The molecular formula is C10H13BrN2O3P+. The van der Waals surface area contributed by atoms with Gasteiger partial charge in [-0.05, 0) is 24.3 Å². The van der Waals surface area contributed by atoms with Crippen LogP contribution in [-0.2, 0) is 4.57 Å². The molecule has 5 nitrogen and oxygen atoms in total. The van der Waals surface area contributed by atoms with Gasteiger partial charge in [0.25, 0.3) is 0 Å². The van der Waals surface area contributed by atoms with E-state index in [1.165, 1.54) is 0 Å². The largest absolute Gasteiger partial charge is 0.692 e. The molecule has 92 valence electrons. The monoisotopic (exact) mass is 319 g/mol. The normalized spacial score (nSPS) is 7.18. The zero-order valence-electron chi connectivity index (χ0n) is 8.83. The van der Waals surface area contributed by atoms with Crippen molar-refractivity contribution in [3.8, 4) is 0 Å². The zero-order chi connectivity index (χ0) is 12.1. The quantitative estimate of drug-likeness (QED) is 0.728. The Morgan fingerprint density at radius 2 is 0.941 bits per heavy atom. The summed E-state index contributed by atoms with van der Waals surface area (Å²) in [5, 5.41) is 0. The van der Waals surface area contributed by atoms with Gasteiger partial charge in [0.2, 0.25) is 0 Å². The van der Waals surface area contributed by atoms with E-state index in [-0.39, 0.29) is 17.0 Å². The van der Waals surface area contributed by atoms with Crippen molar-refractivity contribution >= 4 is 25.2 Å². The molecule has 0 unspecified atom stereocenters. The smallest absolute Gasteiger partial charge is 0.265 e. The van der Waals surface area contributed by atoms with Gasteiger partial charge in [-0.1, -0.05) is 12.1 Å². The average Bonchev–Trinajstić information content (AvgIpc) is 2.34. The van der Waals surface area contributed by atoms with Gasteiger partial charge in [0.05, 0.1) is 0 Å². The van der Waals surface area contributed by atoms with Crippen LogP contribution in [0.1, 0.15) is 0 Å². The molecule has 0 aliphatic rings. The van der Waals surface area contributed by atoms with Gasteiger partial charge in [0.1, 0.15) is 0 Å². The van der Waals surface area contributed by atoms with Crippen molar-refractivity contribution in [3.05, 3.63) is 61.2 Å². The SMILES string of the molecule is Br.O=[P+](O)O.c1ccncc1.c1ccncc1. The molecule has 0 saturated carbocycles. The summed E-state index contributed by atoms with van der Waals surface area (Å²) in [5.41, 5.74) is 0. The van der Waals surface area contributed by atoms with Crippen molar-refractivity contribution in [1.29, 1.82) is 0 Å². The Hall–Kier alpha value is -1.20. The van der Waals surface area contributed by atoms with Gasteiger partial charge in [-0.3, -0.25) is 9.97 Å². The lowest BCUT2D eigenvalue weighted by Gasteiger charge is -1.70. The Kier molecular flexibility index (Phi) is 15.8. The van der Waals surface area contributed by atoms with E-state index < -0.39 is 8.25 Å². The first-order valence-electron chi connectivity index (χ1n) is 4.28. The molecule has 2 aromatic rings. The van der Waals surface area contributed by atoms with Gasteiger partial charge in [0, 0.05) is 29.4 Å². The van der Waals surface area contributed by atoms with E-state index in [1.807, 2.05) is 36.4 Å². The van der Waals surface area contributed by atoms with E-state index in [9.17, 15) is 0 Å². The molecule has 0 aromatic carbocycles. The zero-order valence-corrected chi connectivity index (χ0v) is 11.4. The molecule has 2 N–H and O–H groups in total. The minimum atomic E-state index is -2.87. The number of pyridine rings is 2. The van der Waals surface area contributed by atoms with Crippen molar-refractivity contribution in [2.24, 2.45) is 0 Å². The fourth-order valence-electron chi connectivity index (χ4n) is 0.625. The third-order valence-electron chi connectivity index (χ3n) is 1.13. The lowest BCUT2D eigenvalue weighted by Crippen LogP contribution is -1.58. The molecule has 7 heteroatoms. The Bertz CT molecular complexity index is 276. The number of rotatable bonds is 0. The molecule has 0 bridgehead atoms. The molecule has 0 radical (unpaired) electrons. The van der Waals surface area contributed by atoms with Crippen LogP contribution in [0.25, 0.3) is 0 Å². The minimum absolute atomic E-state index is 0. The maximum absolute atomic E-state index is 8.70. The van der Waals surface area contributed by atoms with Crippen LogP contribution in [0.5, 0.6) is 0 Å². The highest BCUT2D eigenvalue weighted by atomic mass is 79.9. The fourth-order valence-corrected chi connectivity index (χ4v) is 0.625. The number of aromatic nitrogens is 2. The molecule has 2 heterocycles. The lowest BCUT2D eigenvalue weighted by molar-refractivity contribution is 0.405. The Labute approximate surface area is 111 Å². The summed E-state index contributed by atoms with van der Waals surface area (Å²) in [6, 6.07) is 11.4. The van der Waals surface area contributed by atoms with Crippen LogP contribution in [0.15, 0.2) is 61.2 Å². The number of hydrogen-bond acceptors (Lipinski definition) is 3. The minimum Gasteiger partial charge on any atom is -0.265 e. The van der Waals surface area contributed by atoms with Crippen molar-refractivity contribution < 1.29 is 14.4 Å². The molecule has 2 aromatic heterocycles. The highest BCUT2D eigenvalue weighted by molar-refractivity contribution is 8.93. The van der Waals surface area contributed by atoms with Gasteiger partial charge in [-0.25, -0.2) is 0 Å². The highest BCUT2D eigenvalue weighted by Crippen LogP contribution is 1.98. The second-order valence-electron chi connectivity index (χ2n) is 2.30. The standard InChI is InChI=1S/2C5H5N.BrH.HO3P/c2*1-2-4-6-5-3-1;;1-4(2)3/h2*1-5H;1H;(H-,1,2,3)/p+1. The molecular weight excluding hydrogens is 307 g/mol. The van der Waals surface area contributed by atoms with E-state index in [1.54, 1.807) is 24.8 Å². The summed E-state index contributed by atoms with van der Waals surface area (Å²) in [7, 11) is -2.87. The summed E-state index contributed by atoms with van der Waals surface area (Å²) >= 11 is 0. The first kappa shape index (κ1) is 18.2. The third-order valence-corrected chi connectivity index (χ3v) is 1.13. The van der Waals surface area contributed by atoms with Gasteiger partial charge in [-0.2, -0.15) is 0 Å². The van der Waals surface area contributed by atoms with E-state index >= 15 is 0 Å². The lowest BCUT2D eigenvalue weighted by atomic mass is 10.5. The highest BCUT2D eigenvalue weighted by Gasteiger charge is 1.93. The van der Waals surface area contributed by atoms with E-state index in [4.69, 9.17) is 14.4 Å². The summed E-state index contributed by atoms with van der Waals surface area (Å²) in [6.07, 6.45) is 7.00. The van der Waals surface area contributed by atoms with E-state index in [0.29, 0.717) is 0 Å². The molecule has 0 spiro atoms. The first-order chi connectivity index (χ1) is 7.73. The summed E-state index contributed by atoms with van der Waals surface area (Å²) in [4.78, 5) is 21.8. The van der Waals surface area contributed by atoms with Crippen LogP contribution in [0, 0.1) is 0 Å². The van der Waals surface area contributed by atoms with Crippen LogP contribution in [0.2, 0.25) is 0 Å². The average molecular weight is 320 g/mol.